The van der Waals surface area contributed by atoms with E-state index in [2.05, 4.69) is 32.8 Å². The van der Waals surface area contributed by atoms with Crippen molar-refractivity contribution in [2.75, 3.05) is 51.4 Å². The number of thiophene rings is 1. The van der Waals surface area contributed by atoms with Crippen LogP contribution in [0.5, 0.6) is 11.9 Å². The Morgan fingerprint density at radius 2 is 1.92 bits per heavy atom. The summed E-state index contributed by atoms with van der Waals surface area (Å²) in [6.07, 6.45) is 1.62. The minimum Gasteiger partial charge on any atom is -0.481 e. The standard InChI is InChI=1S/C28H31N5O5S/c1-3-22-14-23-25(30-28(31-26(23)39-22)38-17-21(35)16-34)32-9-11-33(12-10-32)27(36)19-6-4-5-18(13-19)20-7-8-24(37-2)29-15-20/h4-8,13-15,21,34-35H,3,9-12,16-17H2,1-2H3/t21-/m1/s1. The van der Waals surface area contributed by atoms with E-state index in [4.69, 9.17) is 14.6 Å². The Kier molecular flexibility index (Phi) is 8.20. The molecule has 0 bridgehead atoms. The first kappa shape index (κ1) is 26.8. The van der Waals surface area contributed by atoms with Gasteiger partial charge in [0.05, 0.1) is 19.1 Å². The molecule has 1 saturated heterocycles. The number of hydrogen-bond donors (Lipinski definition) is 2. The van der Waals surface area contributed by atoms with Crippen LogP contribution in [0.4, 0.5) is 5.82 Å². The zero-order valence-electron chi connectivity index (χ0n) is 21.9. The number of aryl methyl sites for hydroxylation is 1. The molecule has 4 heterocycles. The number of amides is 1. The topological polar surface area (TPSA) is 121 Å². The number of hydrogen-bond acceptors (Lipinski definition) is 10. The Balaban J connectivity index is 1.31. The second kappa shape index (κ2) is 11.9. The number of ether oxygens (including phenoxy) is 2. The third-order valence-corrected chi connectivity index (χ3v) is 7.80. The van der Waals surface area contributed by atoms with Gasteiger partial charge in [0.25, 0.3) is 5.91 Å². The van der Waals surface area contributed by atoms with Gasteiger partial charge in [-0.25, -0.2) is 4.98 Å². The first-order valence-electron chi connectivity index (χ1n) is 12.9. The molecule has 2 N–H and O–H groups in total. The van der Waals surface area contributed by atoms with Crippen LogP contribution in [0.25, 0.3) is 21.3 Å². The van der Waals surface area contributed by atoms with Gasteiger partial charge in [-0.15, -0.1) is 11.3 Å². The molecule has 39 heavy (non-hydrogen) atoms. The molecule has 0 radical (unpaired) electrons. The molecule has 1 amide bonds. The molecule has 10 nitrogen and oxygen atoms in total. The molecular formula is C28H31N5O5S. The molecule has 3 aromatic heterocycles. The van der Waals surface area contributed by atoms with E-state index in [0.29, 0.717) is 37.6 Å². The van der Waals surface area contributed by atoms with Crippen LogP contribution in [-0.2, 0) is 6.42 Å². The zero-order valence-corrected chi connectivity index (χ0v) is 22.7. The van der Waals surface area contributed by atoms with Crippen molar-refractivity contribution in [3.63, 3.8) is 0 Å². The second-order valence-corrected chi connectivity index (χ2v) is 10.3. The number of nitrogens with zero attached hydrogens (tertiary/aromatic N) is 5. The number of fused-ring (bicyclic) bond motifs is 1. The fraction of sp³-hybridized carbons (Fsp3) is 0.357. The van der Waals surface area contributed by atoms with Gasteiger partial charge in [-0.2, -0.15) is 9.97 Å². The fourth-order valence-corrected chi connectivity index (χ4v) is 5.40. The van der Waals surface area contributed by atoms with E-state index in [1.807, 2.05) is 35.2 Å². The van der Waals surface area contributed by atoms with Crippen LogP contribution >= 0.6 is 11.3 Å². The fourth-order valence-electron chi connectivity index (χ4n) is 4.45. The van der Waals surface area contributed by atoms with Gasteiger partial charge < -0.3 is 29.5 Å². The number of anilines is 1. The minimum absolute atomic E-state index is 0.0170. The average molecular weight is 550 g/mol. The second-order valence-electron chi connectivity index (χ2n) is 9.21. The Morgan fingerprint density at radius 3 is 2.62 bits per heavy atom. The van der Waals surface area contributed by atoms with E-state index in [0.717, 1.165) is 33.6 Å². The van der Waals surface area contributed by atoms with Gasteiger partial charge in [0, 0.05) is 54.4 Å². The molecule has 1 aromatic carbocycles. The van der Waals surface area contributed by atoms with Crippen LogP contribution in [0.1, 0.15) is 22.2 Å². The Labute approximate surface area is 230 Å². The number of aliphatic hydroxyl groups is 2. The monoisotopic (exact) mass is 549 g/mol. The van der Waals surface area contributed by atoms with E-state index in [1.54, 1.807) is 30.7 Å². The van der Waals surface area contributed by atoms with Crippen LogP contribution in [0.15, 0.2) is 48.7 Å². The Morgan fingerprint density at radius 1 is 1.10 bits per heavy atom. The van der Waals surface area contributed by atoms with Gasteiger partial charge in [-0.1, -0.05) is 19.1 Å². The highest BCUT2D eigenvalue weighted by molar-refractivity contribution is 7.18. The lowest BCUT2D eigenvalue weighted by molar-refractivity contribution is 0.0506. The van der Waals surface area contributed by atoms with Crippen LogP contribution < -0.4 is 14.4 Å². The highest BCUT2D eigenvalue weighted by Crippen LogP contribution is 2.33. The molecule has 204 valence electrons. The van der Waals surface area contributed by atoms with Gasteiger partial charge in [0.1, 0.15) is 23.4 Å². The summed E-state index contributed by atoms with van der Waals surface area (Å²) in [4.78, 5) is 32.9. The quantitative estimate of drug-likeness (QED) is 0.325. The van der Waals surface area contributed by atoms with Crippen molar-refractivity contribution in [2.45, 2.75) is 19.4 Å². The van der Waals surface area contributed by atoms with Gasteiger partial charge in [-0.05, 0) is 36.2 Å². The number of pyridine rings is 1. The molecule has 0 aliphatic carbocycles. The first-order valence-corrected chi connectivity index (χ1v) is 13.7. The van der Waals surface area contributed by atoms with Crippen molar-refractivity contribution in [1.82, 2.24) is 19.9 Å². The highest BCUT2D eigenvalue weighted by atomic mass is 32.1. The molecule has 0 spiro atoms. The third kappa shape index (κ3) is 5.95. The number of rotatable bonds is 9. The maximum atomic E-state index is 13.4. The van der Waals surface area contributed by atoms with Crippen molar-refractivity contribution in [3.8, 4) is 23.0 Å². The highest BCUT2D eigenvalue weighted by Gasteiger charge is 2.26. The minimum atomic E-state index is -1.00. The SMILES string of the molecule is CCc1cc2c(N3CCN(C(=O)c4cccc(-c5ccc(OC)nc5)c4)CC3)nc(OC[C@H](O)CO)nc2s1. The summed E-state index contributed by atoms with van der Waals surface area (Å²) in [7, 11) is 1.58. The van der Waals surface area contributed by atoms with Crippen LogP contribution in [0.2, 0.25) is 0 Å². The van der Waals surface area contributed by atoms with Gasteiger partial charge in [0.2, 0.25) is 5.88 Å². The lowest BCUT2D eigenvalue weighted by atomic mass is 10.0. The average Bonchev–Trinajstić information content (AvgIpc) is 3.42. The summed E-state index contributed by atoms with van der Waals surface area (Å²) < 4.78 is 10.7. The van der Waals surface area contributed by atoms with Crippen LogP contribution in [0.3, 0.4) is 0 Å². The van der Waals surface area contributed by atoms with Gasteiger partial charge in [0.15, 0.2) is 0 Å². The lowest BCUT2D eigenvalue weighted by Gasteiger charge is -2.35. The molecule has 1 fully saturated rings. The summed E-state index contributed by atoms with van der Waals surface area (Å²) in [5, 5.41) is 19.7. The van der Waals surface area contributed by atoms with Gasteiger partial charge >= 0.3 is 6.01 Å². The Hall–Kier alpha value is -3.80. The number of aromatic nitrogens is 3. The predicted octanol–water partition coefficient (Wildman–Crippen LogP) is 3.02. The number of piperazine rings is 1. The number of benzene rings is 1. The summed E-state index contributed by atoms with van der Waals surface area (Å²) in [5.41, 5.74) is 2.46. The number of carbonyl (C=O) groups excluding carboxylic acids is 1. The smallest absolute Gasteiger partial charge is 0.319 e. The van der Waals surface area contributed by atoms with E-state index >= 15 is 0 Å². The first-order chi connectivity index (χ1) is 19.0. The molecular weight excluding hydrogens is 518 g/mol. The molecule has 1 aliphatic rings. The normalized spacial score (nSPS) is 14.5. The zero-order chi connectivity index (χ0) is 27.4. The van der Waals surface area contributed by atoms with Crippen molar-refractivity contribution in [1.29, 1.82) is 0 Å². The van der Waals surface area contributed by atoms with Crippen molar-refractivity contribution in [3.05, 3.63) is 59.1 Å². The third-order valence-electron chi connectivity index (χ3n) is 6.62. The van der Waals surface area contributed by atoms with Crippen LogP contribution in [0, 0.1) is 0 Å². The number of carbonyl (C=O) groups is 1. The maximum absolute atomic E-state index is 13.4. The summed E-state index contributed by atoms with van der Waals surface area (Å²) >= 11 is 1.59. The molecule has 4 aromatic rings. The van der Waals surface area contributed by atoms with E-state index in [9.17, 15) is 9.90 Å². The summed E-state index contributed by atoms with van der Waals surface area (Å²) in [5.74, 6) is 1.28. The van der Waals surface area contributed by atoms with Gasteiger partial charge in [-0.3, -0.25) is 4.79 Å². The maximum Gasteiger partial charge on any atom is 0.319 e. The number of aliphatic hydroxyl groups excluding tert-OH is 2. The van der Waals surface area contributed by atoms with Crippen LogP contribution in [-0.4, -0.2) is 88.6 Å². The molecule has 1 aliphatic heterocycles. The van der Waals surface area contributed by atoms with Crippen molar-refractivity contribution >= 4 is 33.3 Å². The van der Waals surface area contributed by atoms with E-state index in [-0.39, 0.29) is 18.5 Å². The van der Waals surface area contributed by atoms with E-state index < -0.39 is 12.7 Å². The number of methoxy groups -OCH3 is 1. The van der Waals surface area contributed by atoms with Crippen molar-refractivity contribution in [2.24, 2.45) is 0 Å². The predicted molar refractivity (Wildman–Crippen MR) is 150 cm³/mol. The lowest BCUT2D eigenvalue weighted by Crippen LogP contribution is -2.49. The molecule has 5 rings (SSSR count). The Bertz CT molecular complexity index is 1440. The molecule has 1 atom stereocenters. The summed E-state index contributed by atoms with van der Waals surface area (Å²) in [6, 6.07) is 13.6. The molecule has 0 unspecified atom stereocenters. The van der Waals surface area contributed by atoms with E-state index in [1.165, 1.54) is 4.88 Å². The largest absolute Gasteiger partial charge is 0.481 e. The summed E-state index contributed by atoms with van der Waals surface area (Å²) in [6.45, 7) is 3.90. The molecule has 0 saturated carbocycles. The molecule has 11 heteroatoms. The van der Waals surface area contributed by atoms with Crippen molar-refractivity contribution < 1.29 is 24.5 Å².